The Hall–Kier alpha value is -3.38. The van der Waals surface area contributed by atoms with E-state index in [0.29, 0.717) is 5.69 Å². The Kier molecular flexibility index (Phi) is 2.62. The average molecular weight is 308 g/mol. The summed E-state index contributed by atoms with van der Waals surface area (Å²) in [6.07, 6.45) is 2.14. The molecule has 3 aromatic carbocycles. The first-order valence-corrected chi connectivity index (χ1v) is 7.95. The largest absolute Gasteiger partial charge is 0.238 e. The van der Waals surface area contributed by atoms with E-state index in [4.69, 9.17) is 6.57 Å². The van der Waals surface area contributed by atoms with Crippen LogP contribution in [0.15, 0.2) is 72.9 Å². The smallest absolute Gasteiger partial charge is 0.203 e. The summed E-state index contributed by atoms with van der Waals surface area (Å²) in [4.78, 5) is 3.54. The second kappa shape index (κ2) is 4.81. The molecule has 1 aliphatic heterocycles. The minimum Gasteiger partial charge on any atom is -0.238 e. The Morgan fingerprint density at radius 2 is 1.83 bits per heavy atom. The maximum Gasteiger partial charge on any atom is 0.203 e. The molecule has 5 rings (SSSR count). The molecule has 0 bridgehead atoms. The van der Waals surface area contributed by atoms with E-state index in [-0.39, 0.29) is 0 Å². The minimum atomic E-state index is 0.684. The predicted molar refractivity (Wildman–Crippen MR) is 94.3 cm³/mol. The van der Waals surface area contributed by atoms with Crippen molar-refractivity contribution in [2.24, 2.45) is 0 Å². The molecule has 24 heavy (non-hydrogen) atoms. The van der Waals surface area contributed by atoms with Crippen LogP contribution in [0.25, 0.3) is 32.6 Å². The molecule has 1 aliphatic rings. The molecule has 112 valence electrons. The Morgan fingerprint density at radius 1 is 0.958 bits per heavy atom. The summed E-state index contributed by atoms with van der Waals surface area (Å²) < 4.78 is 4.51. The van der Waals surface area contributed by atoms with E-state index in [1.165, 1.54) is 22.4 Å². The molecule has 3 heteroatoms. The second-order valence-corrected chi connectivity index (χ2v) is 6.07. The van der Waals surface area contributed by atoms with Crippen LogP contribution >= 0.6 is 0 Å². The zero-order valence-electron chi connectivity index (χ0n) is 13.0. The highest BCUT2D eigenvalue weighted by molar-refractivity contribution is 5.86. The number of hydrogen-bond donors (Lipinski definition) is 0. The van der Waals surface area contributed by atoms with Gasteiger partial charge in [0.25, 0.3) is 0 Å². The Bertz CT molecular complexity index is 1130. The van der Waals surface area contributed by atoms with E-state index in [1.54, 1.807) is 0 Å². The van der Waals surface area contributed by atoms with Gasteiger partial charge in [0.2, 0.25) is 6.20 Å². The van der Waals surface area contributed by atoms with Gasteiger partial charge in [-0.05, 0) is 17.7 Å². The van der Waals surface area contributed by atoms with Crippen molar-refractivity contribution in [3.63, 3.8) is 0 Å². The van der Waals surface area contributed by atoms with E-state index in [1.807, 2.05) is 18.2 Å². The van der Waals surface area contributed by atoms with Crippen LogP contribution in [-0.4, -0.2) is 4.68 Å². The number of nitrogens with zero attached hydrogens (tertiary/aromatic N) is 3. The molecule has 0 amide bonds. The summed E-state index contributed by atoms with van der Waals surface area (Å²) in [5.74, 6) is 0. The number of rotatable bonds is 1. The van der Waals surface area contributed by atoms with Gasteiger partial charge in [0, 0.05) is 11.1 Å². The molecule has 1 aromatic heterocycles. The molecule has 0 fully saturated rings. The summed E-state index contributed by atoms with van der Waals surface area (Å²) in [7, 11) is 0. The highest BCUT2D eigenvalue weighted by Gasteiger charge is 2.30. The van der Waals surface area contributed by atoms with Crippen LogP contribution in [-0.2, 0) is 6.54 Å². The topological polar surface area (TPSA) is 13.2 Å². The second-order valence-electron chi connectivity index (χ2n) is 6.07. The lowest BCUT2D eigenvalue weighted by Crippen LogP contribution is -2.36. The third kappa shape index (κ3) is 1.74. The van der Waals surface area contributed by atoms with Crippen LogP contribution in [0.3, 0.4) is 0 Å². The van der Waals surface area contributed by atoms with Gasteiger partial charge in [-0.2, -0.15) is 0 Å². The molecule has 0 radical (unpaired) electrons. The lowest BCUT2D eigenvalue weighted by molar-refractivity contribution is -0.749. The van der Waals surface area contributed by atoms with Gasteiger partial charge >= 0.3 is 0 Å². The van der Waals surface area contributed by atoms with Crippen molar-refractivity contribution in [2.75, 3.05) is 0 Å². The molecule has 4 aromatic rings. The molecule has 0 saturated heterocycles. The first kappa shape index (κ1) is 13.1. The Labute approximate surface area is 139 Å². The maximum absolute atomic E-state index is 7.21. The summed E-state index contributed by atoms with van der Waals surface area (Å²) in [5.41, 5.74) is 6.86. The van der Waals surface area contributed by atoms with Crippen LogP contribution < -0.4 is 4.68 Å². The molecule has 0 unspecified atom stereocenters. The minimum absolute atomic E-state index is 0.684. The third-order valence-electron chi connectivity index (χ3n) is 4.66. The number of hydrogen-bond acceptors (Lipinski definition) is 0. The van der Waals surface area contributed by atoms with E-state index in [2.05, 4.69) is 68.9 Å². The molecule has 0 aliphatic carbocycles. The van der Waals surface area contributed by atoms with Crippen LogP contribution in [0.1, 0.15) is 5.56 Å². The zero-order chi connectivity index (χ0) is 16.1. The summed E-state index contributed by atoms with van der Waals surface area (Å²) in [6.45, 7) is 8.07. The Morgan fingerprint density at radius 3 is 2.67 bits per heavy atom. The molecule has 0 spiro atoms. The van der Waals surface area contributed by atoms with Crippen LogP contribution in [0.4, 0.5) is 5.69 Å². The SMILES string of the molecule is [C-]#[N+]c1ccc2c(c1)c[n+]1n2-c2c(cccc2-c2ccccc2)C1. The van der Waals surface area contributed by atoms with Crippen molar-refractivity contribution >= 4 is 16.6 Å². The van der Waals surface area contributed by atoms with Gasteiger partial charge in [0.05, 0.1) is 12.0 Å². The Balaban J connectivity index is 1.82. The number of aromatic nitrogens is 2. The maximum atomic E-state index is 7.21. The lowest BCUT2D eigenvalue weighted by Gasteiger charge is -2.07. The van der Waals surface area contributed by atoms with Crippen molar-refractivity contribution < 1.29 is 4.68 Å². The summed E-state index contributed by atoms with van der Waals surface area (Å²) in [6, 6.07) is 22.9. The van der Waals surface area contributed by atoms with E-state index >= 15 is 0 Å². The number of benzene rings is 3. The monoisotopic (exact) mass is 308 g/mol. The molecule has 0 saturated carbocycles. The average Bonchev–Trinajstić information content (AvgIpc) is 3.16. The fraction of sp³-hybridized carbons (Fsp3) is 0.0476. The van der Waals surface area contributed by atoms with Crippen molar-refractivity contribution in [3.8, 4) is 16.8 Å². The molecular formula is C21H14N3+. The van der Waals surface area contributed by atoms with Crippen LogP contribution in [0, 0.1) is 6.57 Å². The van der Waals surface area contributed by atoms with Gasteiger partial charge in [-0.25, -0.2) is 4.85 Å². The van der Waals surface area contributed by atoms with Gasteiger partial charge in [-0.3, -0.25) is 0 Å². The van der Waals surface area contributed by atoms with Gasteiger partial charge in [-0.15, -0.1) is 9.36 Å². The van der Waals surface area contributed by atoms with Crippen molar-refractivity contribution in [3.05, 3.63) is 89.9 Å². The molecule has 2 heterocycles. The fourth-order valence-corrected chi connectivity index (χ4v) is 3.62. The van der Waals surface area contributed by atoms with Gasteiger partial charge in [0.1, 0.15) is 11.2 Å². The normalized spacial score (nSPS) is 12.0. The van der Waals surface area contributed by atoms with E-state index in [9.17, 15) is 0 Å². The number of para-hydroxylation sites is 1. The third-order valence-corrected chi connectivity index (χ3v) is 4.66. The van der Waals surface area contributed by atoms with Gasteiger partial charge in [-0.1, -0.05) is 54.6 Å². The predicted octanol–water partition coefficient (Wildman–Crippen LogP) is 4.50. The van der Waals surface area contributed by atoms with Crippen LogP contribution in [0.5, 0.6) is 0 Å². The fourth-order valence-electron chi connectivity index (χ4n) is 3.62. The van der Waals surface area contributed by atoms with Crippen molar-refractivity contribution in [1.29, 1.82) is 0 Å². The summed E-state index contributed by atoms with van der Waals surface area (Å²) >= 11 is 0. The molecule has 0 atom stereocenters. The molecular weight excluding hydrogens is 294 g/mol. The van der Waals surface area contributed by atoms with Crippen molar-refractivity contribution in [1.82, 2.24) is 4.68 Å². The zero-order valence-corrected chi connectivity index (χ0v) is 13.0. The van der Waals surface area contributed by atoms with Gasteiger partial charge in [0.15, 0.2) is 12.2 Å². The molecule has 3 nitrogen and oxygen atoms in total. The van der Waals surface area contributed by atoms with Crippen LogP contribution in [0.2, 0.25) is 0 Å². The first-order chi connectivity index (χ1) is 11.8. The highest BCUT2D eigenvalue weighted by atomic mass is 15.4. The van der Waals surface area contributed by atoms with E-state index in [0.717, 1.165) is 17.4 Å². The lowest BCUT2D eigenvalue weighted by atomic mass is 10.0. The van der Waals surface area contributed by atoms with Crippen molar-refractivity contribution in [2.45, 2.75) is 6.54 Å². The number of fused-ring (bicyclic) bond motifs is 5. The standard InChI is InChI=1S/C21H14N3/c1-22-18-10-11-20-17(12-18)14-23-13-16-8-5-9-19(21(16)24(20)23)15-6-3-2-4-7-15/h2-12,14H,13H2/q+1. The first-order valence-electron chi connectivity index (χ1n) is 7.95. The summed E-state index contributed by atoms with van der Waals surface area (Å²) in [5, 5.41) is 1.11. The van der Waals surface area contributed by atoms with Gasteiger partial charge < -0.3 is 0 Å². The van der Waals surface area contributed by atoms with E-state index < -0.39 is 0 Å². The quantitative estimate of drug-likeness (QED) is 0.320. The highest BCUT2D eigenvalue weighted by Crippen LogP contribution is 2.34. The molecule has 0 N–H and O–H groups in total.